The van der Waals surface area contributed by atoms with Crippen molar-refractivity contribution in [2.75, 3.05) is 19.6 Å². The third kappa shape index (κ3) is 3.74. The van der Waals surface area contributed by atoms with Gasteiger partial charge in [-0.05, 0) is 44.6 Å². The van der Waals surface area contributed by atoms with Crippen molar-refractivity contribution in [2.24, 2.45) is 5.92 Å². The van der Waals surface area contributed by atoms with Gasteiger partial charge < -0.3 is 10.2 Å². The lowest BCUT2D eigenvalue weighted by Crippen LogP contribution is -2.49. The number of piperidine rings is 1. The van der Waals surface area contributed by atoms with Gasteiger partial charge in [0.2, 0.25) is 0 Å². The van der Waals surface area contributed by atoms with Crippen molar-refractivity contribution in [3.8, 4) is 0 Å². The first kappa shape index (κ1) is 12.4. The fourth-order valence-electron chi connectivity index (χ4n) is 3.12. The molecule has 0 aromatic heterocycles. The van der Waals surface area contributed by atoms with Crippen molar-refractivity contribution in [3.05, 3.63) is 0 Å². The van der Waals surface area contributed by atoms with Gasteiger partial charge in [-0.2, -0.15) is 0 Å². The molecule has 2 unspecified atom stereocenters. The Kier molecular flexibility index (Phi) is 4.66. The summed E-state index contributed by atoms with van der Waals surface area (Å²) >= 11 is 0. The zero-order valence-corrected chi connectivity index (χ0v) is 11.0. The Labute approximate surface area is 101 Å². The molecule has 1 N–H and O–H groups in total. The van der Waals surface area contributed by atoms with Crippen molar-refractivity contribution < 1.29 is 0 Å². The number of hydrogen-bond acceptors (Lipinski definition) is 2. The summed E-state index contributed by atoms with van der Waals surface area (Å²) in [7, 11) is 0. The van der Waals surface area contributed by atoms with E-state index in [-0.39, 0.29) is 0 Å². The van der Waals surface area contributed by atoms with Crippen LogP contribution in [0.5, 0.6) is 0 Å². The van der Waals surface area contributed by atoms with E-state index in [9.17, 15) is 0 Å². The molecule has 16 heavy (non-hydrogen) atoms. The minimum atomic E-state index is 0.782. The zero-order chi connectivity index (χ0) is 11.4. The first-order valence-electron chi connectivity index (χ1n) is 7.30. The SMILES string of the molecule is CCCC1CC(NC2CC2)CN(CCC)C1. The van der Waals surface area contributed by atoms with E-state index >= 15 is 0 Å². The normalized spacial score (nSPS) is 31.9. The summed E-state index contributed by atoms with van der Waals surface area (Å²) in [6.07, 6.45) is 8.33. The number of rotatable bonds is 6. The molecule has 0 amide bonds. The van der Waals surface area contributed by atoms with Crippen LogP contribution in [-0.4, -0.2) is 36.6 Å². The summed E-state index contributed by atoms with van der Waals surface area (Å²) in [5, 5.41) is 3.83. The van der Waals surface area contributed by atoms with Crippen LogP contribution in [0.3, 0.4) is 0 Å². The van der Waals surface area contributed by atoms with Gasteiger partial charge in [0.25, 0.3) is 0 Å². The Bertz CT molecular complexity index is 187. The van der Waals surface area contributed by atoms with Crippen molar-refractivity contribution in [3.63, 3.8) is 0 Å². The second kappa shape index (κ2) is 6.02. The fourth-order valence-corrected chi connectivity index (χ4v) is 3.12. The van der Waals surface area contributed by atoms with Gasteiger partial charge in [0.1, 0.15) is 0 Å². The van der Waals surface area contributed by atoms with Crippen LogP contribution in [0.15, 0.2) is 0 Å². The standard InChI is InChI=1S/C14H28N2/c1-3-5-12-9-14(15-13-6-7-13)11-16(10-12)8-4-2/h12-15H,3-11H2,1-2H3. The Morgan fingerprint density at radius 1 is 1.06 bits per heavy atom. The summed E-state index contributed by atoms with van der Waals surface area (Å²) < 4.78 is 0. The van der Waals surface area contributed by atoms with Gasteiger partial charge in [0.15, 0.2) is 0 Å². The average Bonchev–Trinajstić information content (AvgIpc) is 3.02. The average molecular weight is 224 g/mol. The molecular weight excluding hydrogens is 196 g/mol. The van der Waals surface area contributed by atoms with Gasteiger partial charge in [-0.15, -0.1) is 0 Å². The Morgan fingerprint density at radius 3 is 2.50 bits per heavy atom. The van der Waals surface area contributed by atoms with Gasteiger partial charge in [-0.3, -0.25) is 0 Å². The first-order valence-corrected chi connectivity index (χ1v) is 7.30. The summed E-state index contributed by atoms with van der Waals surface area (Å²) in [5.74, 6) is 0.946. The molecule has 2 rings (SSSR count). The topological polar surface area (TPSA) is 15.3 Å². The van der Waals surface area contributed by atoms with Gasteiger partial charge in [-0.25, -0.2) is 0 Å². The van der Waals surface area contributed by atoms with Crippen LogP contribution in [0.1, 0.15) is 52.4 Å². The molecule has 1 aliphatic carbocycles. The third-order valence-corrected chi connectivity index (χ3v) is 3.90. The van der Waals surface area contributed by atoms with E-state index in [1.54, 1.807) is 0 Å². The van der Waals surface area contributed by atoms with Gasteiger partial charge in [0.05, 0.1) is 0 Å². The monoisotopic (exact) mass is 224 g/mol. The second-order valence-electron chi connectivity index (χ2n) is 5.79. The number of hydrogen-bond donors (Lipinski definition) is 1. The van der Waals surface area contributed by atoms with Crippen LogP contribution in [0.4, 0.5) is 0 Å². The molecule has 1 saturated carbocycles. The van der Waals surface area contributed by atoms with Crippen LogP contribution in [-0.2, 0) is 0 Å². The van der Waals surface area contributed by atoms with E-state index in [1.165, 1.54) is 58.2 Å². The van der Waals surface area contributed by atoms with E-state index in [0.29, 0.717) is 0 Å². The molecule has 2 nitrogen and oxygen atoms in total. The molecule has 0 aromatic rings. The molecule has 0 bridgehead atoms. The lowest BCUT2D eigenvalue weighted by Gasteiger charge is -2.38. The molecule has 2 fully saturated rings. The molecule has 0 radical (unpaired) electrons. The number of nitrogens with one attached hydrogen (secondary N) is 1. The maximum Gasteiger partial charge on any atom is 0.0200 e. The van der Waals surface area contributed by atoms with Crippen LogP contribution in [0.2, 0.25) is 0 Å². The van der Waals surface area contributed by atoms with Crippen molar-refractivity contribution >= 4 is 0 Å². The summed E-state index contributed by atoms with van der Waals surface area (Å²) in [6.45, 7) is 8.56. The third-order valence-electron chi connectivity index (χ3n) is 3.90. The largest absolute Gasteiger partial charge is 0.310 e. The minimum absolute atomic E-state index is 0.782. The molecule has 0 aromatic carbocycles. The van der Waals surface area contributed by atoms with E-state index in [2.05, 4.69) is 24.1 Å². The van der Waals surface area contributed by atoms with E-state index in [4.69, 9.17) is 0 Å². The van der Waals surface area contributed by atoms with Gasteiger partial charge in [0, 0.05) is 25.2 Å². The van der Waals surface area contributed by atoms with Crippen molar-refractivity contribution in [2.45, 2.75) is 64.5 Å². The summed E-state index contributed by atoms with van der Waals surface area (Å²) in [4.78, 5) is 2.68. The quantitative estimate of drug-likeness (QED) is 0.746. The van der Waals surface area contributed by atoms with Gasteiger partial charge >= 0.3 is 0 Å². The smallest absolute Gasteiger partial charge is 0.0200 e. The molecule has 1 aliphatic heterocycles. The Hall–Kier alpha value is -0.0800. The molecule has 1 saturated heterocycles. The summed E-state index contributed by atoms with van der Waals surface area (Å²) in [5.41, 5.74) is 0. The van der Waals surface area contributed by atoms with Crippen molar-refractivity contribution in [1.82, 2.24) is 10.2 Å². The van der Waals surface area contributed by atoms with Crippen LogP contribution in [0, 0.1) is 5.92 Å². The van der Waals surface area contributed by atoms with E-state index in [0.717, 1.165) is 18.0 Å². The Morgan fingerprint density at radius 2 is 1.88 bits per heavy atom. The van der Waals surface area contributed by atoms with Crippen molar-refractivity contribution in [1.29, 1.82) is 0 Å². The maximum atomic E-state index is 3.83. The highest BCUT2D eigenvalue weighted by Gasteiger charge is 2.30. The number of nitrogens with zero attached hydrogens (tertiary/aromatic N) is 1. The first-order chi connectivity index (χ1) is 7.81. The van der Waals surface area contributed by atoms with Gasteiger partial charge in [-0.1, -0.05) is 20.3 Å². The molecular formula is C14H28N2. The zero-order valence-electron chi connectivity index (χ0n) is 11.0. The fraction of sp³-hybridized carbons (Fsp3) is 1.00. The predicted molar refractivity (Wildman–Crippen MR) is 69.7 cm³/mol. The lowest BCUT2D eigenvalue weighted by atomic mass is 9.90. The molecule has 2 aliphatic rings. The molecule has 2 atom stereocenters. The number of likely N-dealkylation sites (tertiary alicyclic amines) is 1. The molecule has 0 spiro atoms. The highest BCUT2D eigenvalue weighted by molar-refractivity contribution is 4.90. The lowest BCUT2D eigenvalue weighted by molar-refractivity contribution is 0.135. The minimum Gasteiger partial charge on any atom is -0.310 e. The summed E-state index contributed by atoms with van der Waals surface area (Å²) in [6, 6.07) is 1.65. The van der Waals surface area contributed by atoms with Crippen LogP contribution in [0.25, 0.3) is 0 Å². The molecule has 94 valence electrons. The van der Waals surface area contributed by atoms with Crippen LogP contribution < -0.4 is 5.32 Å². The van der Waals surface area contributed by atoms with E-state index < -0.39 is 0 Å². The maximum absolute atomic E-state index is 3.83. The molecule has 1 heterocycles. The highest BCUT2D eigenvalue weighted by Crippen LogP contribution is 2.25. The van der Waals surface area contributed by atoms with E-state index in [1.807, 2.05) is 0 Å². The van der Waals surface area contributed by atoms with Crippen LogP contribution >= 0.6 is 0 Å². The predicted octanol–water partition coefficient (Wildman–Crippen LogP) is 2.64. The highest BCUT2D eigenvalue weighted by atomic mass is 15.2. The molecule has 2 heteroatoms. The second-order valence-corrected chi connectivity index (χ2v) is 5.79. The Balaban J connectivity index is 1.81.